The lowest BCUT2D eigenvalue weighted by Crippen LogP contribution is -2.24. The molecule has 0 bridgehead atoms. The predicted molar refractivity (Wildman–Crippen MR) is 55.9 cm³/mol. The summed E-state index contributed by atoms with van der Waals surface area (Å²) in [4.78, 5) is 0. The van der Waals surface area contributed by atoms with E-state index < -0.39 is 0 Å². The monoisotopic (exact) mass is 194 g/mol. The van der Waals surface area contributed by atoms with Crippen molar-refractivity contribution in [3.05, 3.63) is 17.0 Å². The van der Waals surface area contributed by atoms with Crippen LogP contribution in [0.3, 0.4) is 0 Å². The number of nitrogens with one attached hydrogen (secondary N) is 1. The molecule has 0 spiro atoms. The third-order valence-corrected chi connectivity index (χ3v) is 2.72. The Hall–Kier alpha value is -0.870. The molecule has 0 amide bonds. The van der Waals surface area contributed by atoms with Gasteiger partial charge in [-0.25, -0.2) is 0 Å². The van der Waals surface area contributed by atoms with Crippen molar-refractivity contribution >= 4 is 0 Å². The summed E-state index contributed by atoms with van der Waals surface area (Å²) >= 11 is 0. The van der Waals surface area contributed by atoms with Crippen molar-refractivity contribution in [1.82, 2.24) is 15.1 Å². The molecule has 1 aliphatic heterocycles. The Bertz CT molecular complexity index is 327. The molecule has 1 aliphatic rings. The molecule has 2 rings (SSSR count). The van der Waals surface area contributed by atoms with Crippen molar-refractivity contribution in [2.24, 2.45) is 5.73 Å². The van der Waals surface area contributed by atoms with Crippen molar-refractivity contribution in [1.29, 1.82) is 0 Å². The van der Waals surface area contributed by atoms with Gasteiger partial charge in [0.05, 0.1) is 11.4 Å². The molecular formula is C10H18N4. The van der Waals surface area contributed by atoms with Crippen LogP contribution in [0.4, 0.5) is 0 Å². The van der Waals surface area contributed by atoms with Crippen LogP contribution < -0.4 is 11.1 Å². The van der Waals surface area contributed by atoms with Gasteiger partial charge in [-0.05, 0) is 13.8 Å². The van der Waals surface area contributed by atoms with Crippen LogP contribution in [0.5, 0.6) is 0 Å². The van der Waals surface area contributed by atoms with Gasteiger partial charge in [-0.3, -0.25) is 4.68 Å². The maximum Gasteiger partial charge on any atom is 0.0685 e. The molecule has 1 aromatic heterocycles. The summed E-state index contributed by atoms with van der Waals surface area (Å²) in [6, 6.07) is 0.402. The van der Waals surface area contributed by atoms with Crippen LogP contribution in [0, 0.1) is 0 Å². The standard InChI is InChI=1S/C10H18N4/c1-7(2)14-10(5-11)8-6-12-4-3-9(8)13-14/h7,12H,3-6,11H2,1-2H3. The first-order valence-corrected chi connectivity index (χ1v) is 5.24. The SMILES string of the molecule is CC(C)n1nc2c(c1CN)CNCC2. The molecule has 4 heteroatoms. The number of hydrogen-bond acceptors (Lipinski definition) is 3. The summed E-state index contributed by atoms with van der Waals surface area (Å²) in [5, 5.41) is 7.98. The molecule has 0 saturated heterocycles. The van der Waals surface area contributed by atoms with E-state index in [0.29, 0.717) is 12.6 Å². The minimum absolute atomic E-state index is 0.402. The minimum Gasteiger partial charge on any atom is -0.325 e. The summed E-state index contributed by atoms with van der Waals surface area (Å²) in [5.41, 5.74) is 9.53. The Kier molecular flexibility index (Phi) is 2.56. The molecule has 2 heterocycles. The lowest BCUT2D eigenvalue weighted by molar-refractivity contribution is 0.505. The zero-order valence-corrected chi connectivity index (χ0v) is 8.88. The molecule has 0 atom stereocenters. The summed E-state index contributed by atoms with van der Waals surface area (Å²) in [6.45, 7) is 6.83. The highest BCUT2D eigenvalue weighted by molar-refractivity contribution is 5.28. The quantitative estimate of drug-likeness (QED) is 0.723. The van der Waals surface area contributed by atoms with Crippen molar-refractivity contribution in [3.63, 3.8) is 0 Å². The summed E-state index contributed by atoms with van der Waals surface area (Å²) in [7, 11) is 0. The Morgan fingerprint density at radius 1 is 1.57 bits per heavy atom. The van der Waals surface area contributed by atoms with E-state index in [4.69, 9.17) is 5.73 Å². The third kappa shape index (κ3) is 1.44. The lowest BCUT2D eigenvalue weighted by atomic mass is 10.1. The molecule has 4 nitrogen and oxygen atoms in total. The first kappa shape index (κ1) is 9.68. The van der Waals surface area contributed by atoms with Crippen LogP contribution >= 0.6 is 0 Å². The van der Waals surface area contributed by atoms with Crippen molar-refractivity contribution in [2.45, 2.75) is 39.4 Å². The van der Waals surface area contributed by atoms with E-state index in [0.717, 1.165) is 19.5 Å². The fourth-order valence-electron chi connectivity index (χ4n) is 2.02. The van der Waals surface area contributed by atoms with Crippen molar-refractivity contribution < 1.29 is 0 Å². The summed E-state index contributed by atoms with van der Waals surface area (Å²) in [6.07, 6.45) is 1.03. The molecule has 1 aromatic rings. The van der Waals surface area contributed by atoms with Crippen molar-refractivity contribution in [3.8, 4) is 0 Å². The molecule has 0 fully saturated rings. The van der Waals surface area contributed by atoms with E-state index in [2.05, 4.69) is 28.9 Å². The van der Waals surface area contributed by atoms with Gasteiger partial charge < -0.3 is 11.1 Å². The maximum absolute atomic E-state index is 5.77. The fourth-order valence-corrected chi connectivity index (χ4v) is 2.02. The average molecular weight is 194 g/mol. The van der Waals surface area contributed by atoms with Gasteiger partial charge in [0.25, 0.3) is 0 Å². The number of aromatic nitrogens is 2. The lowest BCUT2D eigenvalue weighted by Gasteiger charge is -2.13. The summed E-state index contributed by atoms with van der Waals surface area (Å²) < 4.78 is 2.07. The molecule has 0 aliphatic carbocycles. The van der Waals surface area contributed by atoms with E-state index in [1.54, 1.807) is 0 Å². The second kappa shape index (κ2) is 3.71. The van der Waals surface area contributed by atoms with E-state index in [1.807, 2.05) is 0 Å². The van der Waals surface area contributed by atoms with Gasteiger partial charge >= 0.3 is 0 Å². The minimum atomic E-state index is 0.402. The molecule has 14 heavy (non-hydrogen) atoms. The topological polar surface area (TPSA) is 55.9 Å². The molecule has 0 radical (unpaired) electrons. The van der Waals surface area contributed by atoms with Crippen LogP contribution in [0.25, 0.3) is 0 Å². The van der Waals surface area contributed by atoms with E-state index in [-0.39, 0.29) is 0 Å². The van der Waals surface area contributed by atoms with Crippen LogP contribution in [-0.2, 0) is 19.5 Å². The number of rotatable bonds is 2. The predicted octanol–water partition coefficient (Wildman–Crippen LogP) is 0.568. The maximum atomic E-state index is 5.77. The number of hydrogen-bond donors (Lipinski definition) is 2. The Labute approximate surface area is 84.5 Å². The molecular weight excluding hydrogens is 176 g/mol. The van der Waals surface area contributed by atoms with Gasteiger partial charge in [0.15, 0.2) is 0 Å². The van der Waals surface area contributed by atoms with Gasteiger partial charge in [-0.15, -0.1) is 0 Å². The number of fused-ring (bicyclic) bond motifs is 1. The Balaban J connectivity index is 2.46. The molecule has 0 unspecified atom stereocenters. The van der Waals surface area contributed by atoms with Crippen molar-refractivity contribution in [2.75, 3.05) is 6.54 Å². The highest BCUT2D eigenvalue weighted by Gasteiger charge is 2.20. The molecule has 0 aromatic carbocycles. The van der Waals surface area contributed by atoms with Crippen LogP contribution in [-0.4, -0.2) is 16.3 Å². The van der Waals surface area contributed by atoms with Crippen LogP contribution in [0.1, 0.15) is 36.8 Å². The molecule has 0 saturated carbocycles. The smallest absolute Gasteiger partial charge is 0.0685 e. The first-order chi connectivity index (χ1) is 6.74. The zero-order valence-electron chi connectivity index (χ0n) is 8.88. The number of nitrogens with zero attached hydrogens (tertiary/aromatic N) is 2. The van der Waals surface area contributed by atoms with Crippen LogP contribution in [0.2, 0.25) is 0 Å². The highest BCUT2D eigenvalue weighted by Crippen LogP contribution is 2.20. The average Bonchev–Trinajstić information content (AvgIpc) is 2.56. The second-order valence-corrected chi connectivity index (χ2v) is 4.04. The van der Waals surface area contributed by atoms with E-state index in [9.17, 15) is 0 Å². The van der Waals surface area contributed by atoms with E-state index in [1.165, 1.54) is 17.0 Å². The normalized spacial score (nSPS) is 16.0. The van der Waals surface area contributed by atoms with Gasteiger partial charge in [0.1, 0.15) is 0 Å². The fraction of sp³-hybridized carbons (Fsp3) is 0.700. The van der Waals surface area contributed by atoms with Crippen LogP contribution in [0.15, 0.2) is 0 Å². The molecule has 78 valence electrons. The largest absolute Gasteiger partial charge is 0.325 e. The van der Waals surface area contributed by atoms with Gasteiger partial charge in [-0.2, -0.15) is 5.10 Å². The van der Waals surface area contributed by atoms with Gasteiger partial charge in [-0.1, -0.05) is 0 Å². The van der Waals surface area contributed by atoms with E-state index >= 15 is 0 Å². The Morgan fingerprint density at radius 2 is 2.36 bits per heavy atom. The number of nitrogens with two attached hydrogens (primary N) is 1. The third-order valence-electron chi connectivity index (χ3n) is 2.72. The van der Waals surface area contributed by atoms with Gasteiger partial charge in [0.2, 0.25) is 0 Å². The second-order valence-electron chi connectivity index (χ2n) is 4.04. The highest BCUT2D eigenvalue weighted by atomic mass is 15.3. The van der Waals surface area contributed by atoms with Gasteiger partial charge in [0, 0.05) is 37.7 Å². The molecule has 3 N–H and O–H groups in total. The zero-order chi connectivity index (χ0) is 10.1. The Morgan fingerprint density at radius 3 is 3.00 bits per heavy atom. The summed E-state index contributed by atoms with van der Waals surface area (Å²) in [5.74, 6) is 0. The first-order valence-electron chi connectivity index (χ1n) is 5.24.